The van der Waals surface area contributed by atoms with Crippen LogP contribution in [0.25, 0.3) is 6.08 Å². The number of hydrogen-bond acceptors (Lipinski definition) is 8. The maximum absolute atomic E-state index is 14.0. The van der Waals surface area contributed by atoms with E-state index in [2.05, 4.69) is 20.9 Å². The lowest BCUT2D eigenvalue weighted by Crippen LogP contribution is -2.39. The van der Waals surface area contributed by atoms with Crippen LogP contribution >= 0.6 is 38.9 Å². The van der Waals surface area contributed by atoms with Crippen LogP contribution in [0, 0.1) is 0 Å². The van der Waals surface area contributed by atoms with Crippen molar-refractivity contribution in [3.63, 3.8) is 0 Å². The molecule has 0 saturated carbocycles. The molecule has 4 aromatic rings. The third-order valence-corrected chi connectivity index (χ3v) is 8.62. The van der Waals surface area contributed by atoms with Crippen LogP contribution < -0.4 is 29.1 Å². The highest BCUT2D eigenvalue weighted by Gasteiger charge is 2.33. The molecule has 0 bridgehead atoms. The summed E-state index contributed by atoms with van der Waals surface area (Å²) in [4.78, 5) is 32.2. The van der Waals surface area contributed by atoms with E-state index in [9.17, 15) is 9.59 Å². The molecule has 3 aromatic carbocycles. The molecule has 1 aliphatic heterocycles. The molecular formula is C32H28BrClN2O6S. The standard InChI is InChI=1S/C32H28BrClN2O6S/c1-5-41-31(38)27-18(2)35-32-36(28(27)21-8-12-23(39-3)13-9-21)30(37)26(43-32)16-20-14-24(33)29(25(15-20)40-4)42-17-19-6-10-22(34)11-7-19/h6-16,28H,5,17H2,1-4H3/b26-16-/t28-/m0/s1. The lowest BCUT2D eigenvalue weighted by molar-refractivity contribution is -0.139. The molecular weight excluding hydrogens is 656 g/mol. The van der Waals surface area contributed by atoms with Crippen molar-refractivity contribution in [3.05, 3.63) is 118 Å². The Morgan fingerprint density at radius 3 is 2.47 bits per heavy atom. The largest absolute Gasteiger partial charge is 0.497 e. The van der Waals surface area contributed by atoms with Crippen LogP contribution in [-0.4, -0.2) is 31.4 Å². The first-order chi connectivity index (χ1) is 20.7. The van der Waals surface area contributed by atoms with Crippen LogP contribution in [-0.2, 0) is 16.1 Å². The predicted molar refractivity (Wildman–Crippen MR) is 170 cm³/mol. The van der Waals surface area contributed by atoms with Crippen molar-refractivity contribution in [2.45, 2.75) is 26.5 Å². The van der Waals surface area contributed by atoms with Gasteiger partial charge in [-0.15, -0.1) is 0 Å². The van der Waals surface area contributed by atoms with E-state index in [1.165, 1.54) is 11.3 Å². The van der Waals surface area contributed by atoms with Gasteiger partial charge in [0.2, 0.25) is 0 Å². The molecule has 5 rings (SSSR count). The summed E-state index contributed by atoms with van der Waals surface area (Å²) in [5.74, 6) is 1.18. The molecule has 1 aliphatic rings. The summed E-state index contributed by atoms with van der Waals surface area (Å²) in [6.07, 6.45) is 1.77. The lowest BCUT2D eigenvalue weighted by Gasteiger charge is -2.24. The average molecular weight is 684 g/mol. The number of nitrogens with zero attached hydrogens (tertiary/aromatic N) is 2. The number of ether oxygens (including phenoxy) is 4. The molecule has 0 aliphatic carbocycles. The van der Waals surface area contributed by atoms with E-state index in [1.54, 1.807) is 56.9 Å². The lowest BCUT2D eigenvalue weighted by atomic mass is 9.96. The summed E-state index contributed by atoms with van der Waals surface area (Å²) >= 11 is 10.8. The summed E-state index contributed by atoms with van der Waals surface area (Å²) in [7, 11) is 3.14. The molecule has 43 heavy (non-hydrogen) atoms. The van der Waals surface area contributed by atoms with Gasteiger partial charge in [-0.3, -0.25) is 9.36 Å². The van der Waals surface area contributed by atoms with Gasteiger partial charge in [-0.1, -0.05) is 47.2 Å². The highest BCUT2D eigenvalue weighted by Crippen LogP contribution is 2.37. The molecule has 2 heterocycles. The number of hydrogen-bond donors (Lipinski definition) is 0. The highest BCUT2D eigenvalue weighted by molar-refractivity contribution is 9.10. The Labute approximate surface area is 265 Å². The van der Waals surface area contributed by atoms with Gasteiger partial charge in [-0.05, 0) is 88.9 Å². The van der Waals surface area contributed by atoms with Gasteiger partial charge in [-0.2, -0.15) is 0 Å². The minimum Gasteiger partial charge on any atom is -0.497 e. The van der Waals surface area contributed by atoms with E-state index in [-0.39, 0.29) is 12.2 Å². The number of fused-ring (bicyclic) bond motifs is 1. The number of halogens is 2. The predicted octanol–water partition coefficient (Wildman–Crippen LogP) is 5.81. The maximum Gasteiger partial charge on any atom is 0.338 e. The third-order valence-electron chi connectivity index (χ3n) is 6.79. The van der Waals surface area contributed by atoms with Crippen molar-refractivity contribution in [3.8, 4) is 17.2 Å². The minimum atomic E-state index is -0.715. The number of benzene rings is 3. The summed E-state index contributed by atoms with van der Waals surface area (Å²) in [5, 5.41) is 0.653. The zero-order valence-corrected chi connectivity index (χ0v) is 27.0. The first-order valence-electron chi connectivity index (χ1n) is 13.3. The molecule has 222 valence electrons. The molecule has 0 radical (unpaired) electrons. The molecule has 0 fully saturated rings. The normalized spacial score (nSPS) is 14.7. The van der Waals surface area contributed by atoms with E-state index >= 15 is 0 Å². The van der Waals surface area contributed by atoms with E-state index < -0.39 is 12.0 Å². The molecule has 11 heteroatoms. The number of carbonyl (C=O) groups is 1. The summed E-state index contributed by atoms with van der Waals surface area (Å²) < 4.78 is 25.0. The van der Waals surface area contributed by atoms with Crippen LogP contribution in [0.4, 0.5) is 0 Å². The van der Waals surface area contributed by atoms with Gasteiger partial charge in [0.1, 0.15) is 12.4 Å². The number of carbonyl (C=O) groups excluding carboxylic acids is 1. The van der Waals surface area contributed by atoms with Gasteiger partial charge in [0.05, 0.1) is 47.1 Å². The molecule has 0 N–H and O–H groups in total. The molecule has 1 atom stereocenters. The van der Waals surface area contributed by atoms with Crippen LogP contribution in [0.2, 0.25) is 5.02 Å². The Balaban J connectivity index is 1.56. The van der Waals surface area contributed by atoms with E-state index in [0.29, 0.717) is 54.0 Å². The van der Waals surface area contributed by atoms with Crippen molar-refractivity contribution in [2.75, 3.05) is 20.8 Å². The molecule has 8 nitrogen and oxygen atoms in total. The smallest absolute Gasteiger partial charge is 0.338 e. The van der Waals surface area contributed by atoms with Gasteiger partial charge in [0, 0.05) is 5.02 Å². The fraction of sp³-hybridized carbons (Fsp3) is 0.219. The number of thiazole rings is 1. The Kier molecular flexibility index (Phi) is 9.39. The number of methoxy groups -OCH3 is 2. The first kappa shape index (κ1) is 30.6. The summed E-state index contributed by atoms with van der Waals surface area (Å²) in [6, 6.07) is 17.6. The second-order valence-corrected chi connectivity index (χ2v) is 11.8. The number of esters is 1. The van der Waals surface area contributed by atoms with Crippen molar-refractivity contribution < 1.29 is 23.7 Å². The second kappa shape index (κ2) is 13.2. The molecule has 0 amide bonds. The van der Waals surface area contributed by atoms with Crippen LogP contribution in [0.3, 0.4) is 0 Å². The van der Waals surface area contributed by atoms with E-state index in [4.69, 9.17) is 30.5 Å². The Hall–Kier alpha value is -3.86. The number of rotatable bonds is 9. The molecule has 0 saturated heterocycles. The number of allylic oxidation sites excluding steroid dienone is 1. The summed E-state index contributed by atoms with van der Waals surface area (Å²) in [5.41, 5.74) is 2.94. The zero-order valence-electron chi connectivity index (χ0n) is 23.9. The van der Waals surface area contributed by atoms with Gasteiger partial charge >= 0.3 is 5.97 Å². The van der Waals surface area contributed by atoms with E-state index in [1.807, 2.05) is 42.5 Å². The average Bonchev–Trinajstić information content (AvgIpc) is 3.30. The highest BCUT2D eigenvalue weighted by atomic mass is 79.9. The first-order valence-corrected chi connectivity index (χ1v) is 15.3. The quantitative estimate of drug-likeness (QED) is 0.207. The van der Waals surface area contributed by atoms with Gasteiger partial charge in [0.15, 0.2) is 16.3 Å². The minimum absolute atomic E-state index is 0.200. The SMILES string of the molecule is CCOC(=O)C1=C(C)N=c2s/c(=C\c3cc(Br)c(OCc4ccc(Cl)cc4)c(OC)c3)c(=O)n2[C@H]1c1ccc(OC)cc1. The monoisotopic (exact) mass is 682 g/mol. The van der Waals surface area contributed by atoms with Crippen LogP contribution in [0.1, 0.15) is 36.6 Å². The van der Waals surface area contributed by atoms with Crippen molar-refractivity contribution in [2.24, 2.45) is 4.99 Å². The number of aromatic nitrogens is 1. The fourth-order valence-electron chi connectivity index (χ4n) is 4.74. The fourth-order valence-corrected chi connectivity index (χ4v) is 6.49. The Morgan fingerprint density at radius 1 is 1.09 bits per heavy atom. The van der Waals surface area contributed by atoms with Crippen LogP contribution in [0.5, 0.6) is 17.2 Å². The Bertz CT molecular complexity index is 1880. The maximum atomic E-state index is 14.0. The van der Waals surface area contributed by atoms with Crippen molar-refractivity contribution >= 4 is 50.9 Å². The molecule has 1 aromatic heterocycles. The molecule has 0 unspecified atom stereocenters. The van der Waals surface area contributed by atoms with Crippen LogP contribution in [0.15, 0.2) is 86.2 Å². The van der Waals surface area contributed by atoms with E-state index in [0.717, 1.165) is 16.7 Å². The van der Waals surface area contributed by atoms with Gasteiger partial charge in [-0.25, -0.2) is 9.79 Å². The second-order valence-electron chi connectivity index (χ2n) is 9.52. The van der Waals surface area contributed by atoms with Crippen molar-refractivity contribution in [1.82, 2.24) is 4.57 Å². The Morgan fingerprint density at radius 2 is 1.81 bits per heavy atom. The molecule has 0 spiro atoms. The third kappa shape index (κ3) is 6.41. The zero-order chi connectivity index (χ0) is 30.7. The summed E-state index contributed by atoms with van der Waals surface area (Å²) in [6.45, 7) is 4.01. The van der Waals surface area contributed by atoms with Gasteiger partial charge < -0.3 is 18.9 Å². The topological polar surface area (TPSA) is 88.4 Å². The van der Waals surface area contributed by atoms with Crippen molar-refractivity contribution in [1.29, 1.82) is 0 Å². The van der Waals surface area contributed by atoms with Gasteiger partial charge in [0.25, 0.3) is 5.56 Å².